The summed E-state index contributed by atoms with van der Waals surface area (Å²) in [6, 6.07) is 6.19. The van der Waals surface area contributed by atoms with Crippen molar-refractivity contribution >= 4 is 0 Å². The maximum Gasteiger partial charge on any atom is 0.119 e. The number of unbranched alkanes of at least 4 members (excludes halogenated alkanes) is 1. The molecule has 3 nitrogen and oxygen atoms in total. The SMILES string of the molecule is Cc1ccc(OCCCCNCCO)cc1C. The minimum Gasteiger partial charge on any atom is -0.494 e. The van der Waals surface area contributed by atoms with Crippen LogP contribution in [0.1, 0.15) is 24.0 Å². The molecule has 0 aliphatic heterocycles. The van der Waals surface area contributed by atoms with E-state index in [2.05, 4.69) is 31.3 Å². The number of aliphatic hydroxyl groups is 1. The monoisotopic (exact) mass is 237 g/mol. The normalized spacial score (nSPS) is 10.5. The highest BCUT2D eigenvalue weighted by atomic mass is 16.5. The molecule has 1 rings (SSSR count). The second kappa shape index (κ2) is 8.09. The molecule has 1 aromatic rings. The van der Waals surface area contributed by atoms with Gasteiger partial charge in [-0.3, -0.25) is 0 Å². The molecule has 0 unspecified atom stereocenters. The van der Waals surface area contributed by atoms with Crippen molar-refractivity contribution < 1.29 is 9.84 Å². The molecule has 0 aliphatic rings. The fraction of sp³-hybridized carbons (Fsp3) is 0.571. The Morgan fingerprint density at radius 2 is 1.94 bits per heavy atom. The average molecular weight is 237 g/mol. The van der Waals surface area contributed by atoms with Gasteiger partial charge in [0, 0.05) is 6.54 Å². The summed E-state index contributed by atoms with van der Waals surface area (Å²) >= 11 is 0. The van der Waals surface area contributed by atoms with Crippen molar-refractivity contribution in [1.29, 1.82) is 0 Å². The minimum absolute atomic E-state index is 0.207. The van der Waals surface area contributed by atoms with Crippen LogP contribution in [0.15, 0.2) is 18.2 Å². The predicted octanol–water partition coefficient (Wildman–Crippen LogP) is 2.04. The molecule has 1 aromatic carbocycles. The molecule has 2 N–H and O–H groups in total. The van der Waals surface area contributed by atoms with Crippen molar-refractivity contribution in [3.63, 3.8) is 0 Å². The van der Waals surface area contributed by atoms with Gasteiger partial charge in [-0.2, -0.15) is 0 Å². The zero-order valence-electron chi connectivity index (χ0n) is 10.8. The van der Waals surface area contributed by atoms with E-state index in [4.69, 9.17) is 9.84 Å². The molecule has 0 fully saturated rings. The van der Waals surface area contributed by atoms with E-state index < -0.39 is 0 Å². The Balaban J connectivity index is 2.11. The van der Waals surface area contributed by atoms with Crippen LogP contribution in [0.5, 0.6) is 5.75 Å². The van der Waals surface area contributed by atoms with Crippen LogP contribution in [0, 0.1) is 13.8 Å². The fourth-order valence-electron chi connectivity index (χ4n) is 1.55. The average Bonchev–Trinajstić information content (AvgIpc) is 2.32. The molecule has 0 saturated heterocycles. The summed E-state index contributed by atoms with van der Waals surface area (Å²) in [4.78, 5) is 0. The number of ether oxygens (including phenoxy) is 1. The van der Waals surface area contributed by atoms with Gasteiger partial charge in [0.05, 0.1) is 13.2 Å². The molecule has 0 amide bonds. The first kappa shape index (κ1) is 14.0. The highest BCUT2D eigenvalue weighted by Crippen LogP contribution is 2.16. The number of rotatable bonds is 8. The smallest absolute Gasteiger partial charge is 0.119 e. The standard InChI is InChI=1S/C14H23NO2/c1-12-5-6-14(11-13(12)2)17-10-4-3-7-15-8-9-16/h5-6,11,15-16H,3-4,7-10H2,1-2H3. The van der Waals surface area contributed by atoms with Crippen LogP contribution >= 0.6 is 0 Å². The van der Waals surface area contributed by atoms with E-state index in [-0.39, 0.29) is 6.61 Å². The lowest BCUT2D eigenvalue weighted by Crippen LogP contribution is -2.19. The van der Waals surface area contributed by atoms with Gasteiger partial charge in [0.15, 0.2) is 0 Å². The fourth-order valence-corrected chi connectivity index (χ4v) is 1.55. The van der Waals surface area contributed by atoms with Crippen LogP contribution in [0.4, 0.5) is 0 Å². The summed E-state index contributed by atoms with van der Waals surface area (Å²) in [5.74, 6) is 0.955. The summed E-state index contributed by atoms with van der Waals surface area (Å²) in [6.45, 7) is 6.78. The van der Waals surface area contributed by atoms with Crippen molar-refractivity contribution in [2.75, 3.05) is 26.3 Å². The Morgan fingerprint density at radius 3 is 2.65 bits per heavy atom. The third-order valence-electron chi connectivity index (χ3n) is 2.78. The third kappa shape index (κ3) is 5.71. The third-order valence-corrected chi connectivity index (χ3v) is 2.78. The largest absolute Gasteiger partial charge is 0.494 e. The minimum atomic E-state index is 0.207. The Labute approximate surface area is 104 Å². The Morgan fingerprint density at radius 1 is 1.12 bits per heavy atom. The van der Waals surface area contributed by atoms with Crippen molar-refractivity contribution in [2.24, 2.45) is 0 Å². The second-order valence-electron chi connectivity index (χ2n) is 4.28. The summed E-state index contributed by atoms with van der Waals surface area (Å²) in [6.07, 6.45) is 2.11. The molecule has 17 heavy (non-hydrogen) atoms. The van der Waals surface area contributed by atoms with Crippen LogP contribution in [0.3, 0.4) is 0 Å². The van der Waals surface area contributed by atoms with Crippen LogP contribution in [0.25, 0.3) is 0 Å². The first-order valence-corrected chi connectivity index (χ1v) is 6.25. The van der Waals surface area contributed by atoms with Crippen LogP contribution < -0.4 is 10.1 Å². The van der Waals surface area contributed by atoms with Gasteiger partial charge in [-0.15, -0.1) is 0 Å². The van der Waals surface area contributed by atoms with Gasteiger partial charge in [0.25, 0.3) is 0 Å². The first-order chi connectivity index (χ1) is 8.24. The number of nitrogens with one attached hydrogen (secondary N) is 1. The molecule has 3 heteroatoms. The molecule has 0 aromatic heterocycles. The Bertz CT molecular complexity index is 326. The zero-order valence-corrected chi connectivity index (χ0v) is 10.8. The van der Waals surface area contributed by atoms with E-state index in [9.17, 15) is 0 Å². The summed E-state index contributed by atoms with van der Waals surface area (Å²) in [5.41, 5.74) is 2.57. The number of hydrogen-bond donors (Lipinski definition) is 2. The topological polar surface area (TPSA) is 41.5 Å². The number of benzene rings is 1. The predicted molar refractivity (Wildman–Crippen MR) is 70.6 cm³/mol. The Kier molecular flexibility index (Phi) is 6.67. The van der Waals surface area contributed by atoms with Crippen LogP contribution in [-0.4, -0.2) is 31.4 Å². The lowest BCUT2D eigenvalue weighted by atomic mass is 10.1. The van der Waals surface area contributed by atoms with E-state index in [0.29, 0.717) is 6.54 Å². The van der Waals surface area contributed by atoms with Gasteiger partial charge in [-0.1, -0.05) is 6.07 Å². The highest BCUT2D eigenvalue weighted by molar-refractivity contribution is 5.33. The zero-order chi connectivity index (χ0) is 12.5. The second-order valence-corrected chi connectivity index (χ2v) is 4.28. The summed E-state index contributed by atoms with van der Waals surface area (Å²) in [5, 5.41) is 11.7. The van der Waals surface area contributed by atoms with Gasteiger partial charge in [-0.25, -0.2) is 0 Å². The van der Waals surface area contributed by atoms with E-state index in [1.54, 1.807) is 0 Å². The van der Waals surface area contributed by atoms with E-state index in [1.807, 2.05) is 6.07 Å². The lowest BCUT2D eigenvalue weighted by Gasteiger charge is -2.08. The van der Waals surface area contributed by atoms with Crippen molar-refractivity contribution in [3.05, 3.63) is 29.3 Å². The molecule has 0 spiro atoms. The molecular formula is C14H23NO2. The molecule has 0 aliphatic carbocycles. The summed E-state index contributed by atoms with van der Waals surface area (Å²) < 4.78 is 5.67. The van der Waals surface area contributed by atoms with Crippen molar-refractivity contribution in [2.45, 2.75) is 26.7 Å². The van der Waals surface area contributed by atoms with Crippen molar-refractivity contribution in [1.82, 2.24) is 5.32 Å². The number of hydrogen-bond acceptors (Lipinski definition) is 3. The van der Waals surface area contributed by atoms with E-state index in [0.717, 1.165) is 31.7 Å². The quantitative estimate of drug-likeness (QED) is 0.680. The lowest BCUT2D eigenvalue weighted by molar-refractivity contribution is 0.286. The van der Waals surface area contributed by atoms with Gasteiger partial charge in [0.1, 0.15) is 5.75 Å². The van der Waals surface area contributed by atoms with Crippen LogP contribution in [0.2, 0.25) is 0 Å². The molecule has 0 atom stereocenters. The van der Waals surface area contributed by atoms with Crippen molar-refractivity contribution in [3.8, 4) is 5.75 Å². The van der Waals surface area contributed by atoms with Crippen LogP contribution in [-0.2, 0) is 0 Å². The van der Waals surface area contributed by atoms with E-state index in [1.165, 1.54) is 11.1 Å². The molecule has 96 valence electrons. The highest BCUT2D eigenvalue weighted by Gasteiger charge is 1.97. The van der Waals surface area contributed by atoms with E-state index >= 15 is 0 Å². The van der Waals surface area contributed by atoms with Gasteiger partial charge >= 0.3 is 0 Å². The number of aryl methyl sites for hydroxylation is 2. The molecule has 0 saturated carbocycles. The molecule has 0 heterocycles. The van der Waals surface area contributed by atoms with Gasteiger partial charge in [-0.05, 0) is 56.5 Å². The Hall–Kier alpha value is -1.06. The van der Waals surface area contributed by atoms with Gasteiger partial charge in [0.2, 0.25) is 0 Å². The maximum atomic E-state index is 8.58. The van der Waals surface area contributed by atoms with Gasteiger partial charge < -0.3 is 15.2 Å². The maximum absolute atomic E-state index is 8.58. The molecule has 0 radical (unpaired) electrons. The summed E-state index contributed by atoms with van der Waals surface area (Å²) in [7, 11) is 0. The first-order valence-electron chi connectivity index (χ1n) is 6.25. The number of aliphatic hydroxyl groups excluding tert-OH is 1. The molecule has 0 bridgehead atoms. The molecular weight excluding hydrogens is 214 g/mol.